The number of hydrogen-bond donors (Lipinski definition) is 3. The van der Waals surface area contributed by atoms with Crippen LogP contribution in [0.25, 0.3) is 0 Å². The minimum absolute atomic E-state index is 0.0737. The van der Waals surface area contributed by atoms with Gasteiger partial charge in [0.05, 0.1) is 12.3 Å². The molecular weight excluding hydrogens is 290 g/mol. The zero-order chi connectivity index (χ0) is 12.8. The molecule has 17 heavy (non-hydrogen) atoms. The molecule has 0 spiro atoms. The van der Waals surface area contributed by atoms with Crippen molar-refractivity contribution in [3.63, 3.8) is 0 Å². The molecule has 0 aliphatic carbocycles. The van der Waals surface area contributed by atoms with Crippen LogP contribution in [-0.4, -0.2) is 28.7 Å². The maximum atomic E-state index is 10.8. The van der Waals surface area contributed by atoms with Gasteiger partial charge in [-0.3, -0.25) is 9.59 Å². The van der Waals surface area contributed by atoms with Crippen molar-refractivity contribution in [2.24, 2.45) is 5.92 Å². The first-order chi connectivity index (χ1) is 8.00. The van der Waals surface area contributed by atoms with E-state index in [-0.39, 0.29) is 6.54 Å². The van der Waals surface area contributed by atoms with Gasteiger partial charge in [0.1, 0.15) is 0 Å². The van der Waals surface area contributed by atoms with Crippen LogP contribution in [0, 0.1) is 5.92 Å². The van der Waals surface area contributed by atoms with E-state index >= 15 is 0 Å². The number of benzene rings is 1. The summed E-state index contributed by atoms with van der Waals surface area (Å²) in [6.45, 7) is 0.0737. The van der Waals surface area contributed by atoms with Crippen molar-refractivity contribution in [3.8, 4) is 0 Å². The largest absolute Gasteiger partial charge is 0.481 e. The van der Waals surface area contributed by atoms with Gasteiger partial charge >= 0.3 is 11.9 Å². The quantitative estimate of drug-likeness (QED) is 0.748. The van der Waals surface area contributed by atoms with Gasteiger partial charge < -0.3 is 15.5 Å². The Balaban J connectivity index is 2.61. The normalized spacial score (nSPS) is 11.8. The number of carboxylic acid groups (broad SMARTS) is 2. The minimum atomic E-state index is -1.12. The summed E-state index contributed by atoms with van der Waals surface area (Å²) < 4.78 is 0.805. The van der Waals surface area contributed by atoms with Crippen LogP contribution < -0.4 is 5.32 Å². The van der Waals surface area contributed by atoms with Gasteiger partial charge in [-0.05, 0) is 28.1 Å². The summed E-state index contributed by atoms with van der Waals surface area (Å²) in [6, 6.07) is 7.24. The van der Waals surface area contributed by atoms with Crippen LogP contribution in [0.3, 0.4) is 0 Å². The Morgan fingerprint density at radius 3 is 2.47 bits per heavy atom. The van der Waals surface area contributed by atoms with Gasteiger partial charge in [-0.15, -0.1) is 0 Å². The van der Waals surface area contributed by atoms with E-state index in [4.69, 9.17) is 10.2 Å². The molecular formula is C11H12BrNO4. The topological polar surface area (TPSA) is 86.6 Å². The van der Waals surface area contributed by atoms with Gasteiger partial charge in [0, 0.05) is 16.7 Å². The maximum Gasteiger partial charge on any atom is 0.308 e. The monoisotopic (exact) mass is 301 g/mol. The second-order valence-corrected chi connectivity index (χ2v) is 4.35. The lowest BCUT2D eigenvalue weighted by Crippen LogP contribution is -2.25. The Labute approximate surface area is 107 Å². The average Bonchev–Trinajstić information content (AvgIpc) is 2.25. The molecule has 1 aromatic carbocycles. The zero-order valence-electron chi connectivity index (χ0n) is 8.89. The molecule has 92 valence electrons. The van der Waals surface area contributed by atoms with Crippen molar-refractivity contribution < 1.29 is 19.8 Å². The molecule has 0 radical (unpaired) electrons. The first kappa shape index (κ1) is 13.5. The van der Waals surface area contributed by atoms with Crippen LogP contribution in [-0.2, 0) is 9.59 Å². The number of rotatable bonds is 6. The fraction of sp³-hybridized carbons (Fsp3) is 0.273. The van der Waals surface area contributed by atoms with Crippen molar-refractivity contribution in [2.75, 3.05) is 11.9 Å². The molecule has 0 saturated carbocycles. The number of aliphatic carboxylic acids is 2. The van der Waals surface area contributed by atoms with Gasteiger partial charge in [0.2, 0.25) is 0 Å². The highest BCUT2D eigenvalue weighted by Crippen LogP contribution is 2.21. The molecule has 1 unspecified atom stereocenters. The average molecular weight is 302 g/mol. The molecule has 5 nitrogen and oxygen atoms in total. The van der Waals surface area contributed by atoms with Gasteiger partial charge in [-0.1, -0.05) is 12.1 Å². The van der Waals surface area contributed by atoms with E-state index in [0.717, 1.165) is 10.2 Å². The van der Waals surface area contributed by atoms with E-state index in [1.54, 1.807) is 12.1 Å². The number of carboxylic acids is 2. The van der Waals surface area contributed by atoms with E-state index in [2.05, 4.69) is 21.2 Å². The molecule has 0 aliphatic rings. The van der Waals surface area contributed by atoms with E-state index < -0.39 is 24.3 Å². The van der Waals surface area contributed by atoms with Gasteiger partial charge in [-0.2, -0.15) is 0 Å². The molecule has 1 aromatic rings. The number of anilines is 1. The molecule has 0 aliphatic heterocycles. The highest BCUT2D eigenvalue weighted by Gasteiger charge is 2.20. The summed E-state index contributed by atoms with van der Waals surface area (Å²) in [6.07, 6.45) is -0.396. The van der Waals surface area contributed by atoms with E-state index in [0.29, 0.717) is 0 Å². The summed E-state index contributed by atoms with van der Waals surface area (Å²) >= 11 is 3.31. The van der Waals surface area contributed by atoms with Crippen molar-refractivity contribution in [3.05, 3.63) is 28.7 Å². The highest BCUT2D eigenvalue weighted by atomic mass is 79.9. The van der Waals surface area contributed by atoms with Gasteiger partial charge in [-0.25, -0.2) is 0 Å². The lowest BCUT2D eigenvalue weighted by molar-refractivity contribution is -0.147. The van der Waals surface area contributed by atoms with E-state index in [1.807, 2.05) is 12.1 Å². The SMILES string of the molecule is O=C(O)CC(CNc1ccccc1Br)C(=O)O. The lowest BCUT2D eigenvalue weighted by atomic mass is 10.1. The van der Waals surface area contributed by atoms with Crippen LogP contribution in [0.2, 0.25) is 0 Å². The maximum absolute atomic E-state index is 10.8. The predicted octanol–water partition coefficient (Wildman–Crippen LogP) is 2.04. The van der Waals surface area contributed by atoms with Crippen LogP contribution in [0.15, 0.2) is 28.7 Å². The Morgan fingerprint density at radius 1 is 1.29 bits per heavy atom. The first-order valence-electron chi connectivity index (χ1n) is 4.93. The van der Waals surface area contributed by atoms with E-state index in [1.165, 1.54) is 0 Å². The Bertz CT molecular complexity index is 422. The molecule has 0 bridgehead atoms. The fourth-order valence-corrected chi connectivity index (χ4v) is 1.72. The summed E-state index contributed by atoms with van der Waals surface area (Å²) in [7, 11) is 0. The van der Waals surface area contributed by atoms with Crippen molar-refractivity contribution in [2.45, 2.75) is 6.42 Å². The van der Waals surface area contributed by atoms with Crippen molar-refractivity contribution in [1.82, 2.24) is 0 Å². The van der Waals surface area contributed by atoms with Crippen LogP contribution in [0.5, 0.6) is 0 Å². The highest BCUT2D eigenvalue weighted by molar-refractivity contribution is 9.10. The molecule has 0 saturated heterocycles. The Morgan fingerprint density at radius 2 is 1.94 bits per heavy atom. The molecule has 1 atom stereocenters. The summed E-state index contributed by atoms with van der Waals surface area (Å²) in [5, 5.41) is 20.3. The summed E-state index contributed by atoms with van der Waals surface area (Å²) in [5.74, 6) is -3.18. The summed E-state index contributed by atoms with van der Waals surface area (Å²) in [5.41, 5.74) is 0.740. The molecule has 6 heteroatoms. The fourth-order valence-electron chi connectivity index (χ4n) is 1.30. The van der Waals surface area contributed by atoms with Crippen LogP contribution in [0.4, 0.5) is 5.69 Å². The van der Waals surface area contributed by atoms with Crippen molar-refractivity contribution in [1.29, 1.82) is 0 Å². The standard InChI is InChI=1S/C11H12BrNO4/c12-8-3-1-2-4-9(8)13-6-7(11(16)17)5-10(14)15/h1-4,7,13H,5-6H2,(H,14,15)(H,16,17). The van der Waals surface area contributed by atoms with Crippen LogP contribution >= 0.6 is 15.9 Å². The molecule has 0 fully saturated rings. The number of halogens is 1. The molecule has 3 N–H and O–H groups in total. The third-order valence-electron chi connectivity index (χ3n) is 2.18. The van der Waals surface area contributed by atoms with Gasteiger partial charge in [0.15, 0.2) is 0 Å². The van der Waals surface area contributed by atoms with Crippen LogP contribution in [0.1, 0.15) is 6.42 Å². The number of carbonyl (C=O) groups is 2. The molecule has 1 rings (SSSR count). The number of hydrogen-bond acceptors (Lipinski definition) is 3. The second kappa shape index (κ2) is 6.24. The van der Waals surface area contributed by atoms with E-state index in [9.17, 15) is 9.59 Å². The third-order valence-corrected chi connectivity index (χ3v) is 2.87. The lowest BCUT2D eigenvalue weighted by Gasteiger charge is -2.13. The molecule has 0 aromatic heterocycles. The van der Waals surface area contributed by atoms with Crippen molar-refractivity contribution >= 4 is 33.6 Å². The first-order valence-corrected chi connectivity index (χ1v) is 5.73. The number of para-hydroxylation sites is 1. The second-order valence-electron chi connectivity index (χ2n) is 3.49. The predicted molar refractivity (Wildman–Crippen MR) is 66.0 cm³/mol. The summed E-state index contributed by atoms with van der Waals surface area (Å²) in [4.78, 5) is 21.3. The minimum Gasteiger partial charge on any atom is -0.481 e. The smallest absolute Gasteiger partial charge is 0.308 e. The third kappa shape index (κ3) is 4.44. The molecule has 0 heterocycles. The van der Waals surface area contributed by atoms with Gasteiger partial charge in [0.25, 0.3) is 0 Å². The number of nitrogens with one attached hydrogen (secondary N) is 1. The Kier molecular flexibility index (Phi) is 4.96. The Hall–Kier alpha value is -1.56. The zero-order valence-corrected chi connectivity index (χ0v) is 10.5. The molecule has 0 amide bonds.